The number of allylic oxidation sites excluding steroid dienone is 5. The molecule has 1 aromatic carbocycles. The van der Waals surface area contributed by atoms with Gasteiger partial charge in [0, 0.05) is 12.1 Å². The van der Waals surface area contributed by atoms with Crippen LogP contribution >= 0.6 is 0 Å². The number of benzene rings is 1. The second kappa shape index (κ2) is 11.5. The average Bonchev–Trinajstić information content (AvgIpc) is 2.82. The Bertz CT molecular complexity index is 1020. The molecule has 0 saturated heterocycles. The molecule has 0 fully saturated rings. The fraction of sp³-hybridized carbons (Fsp3) is 0.357. The number of carbonyl (C=O) groups is 1. The van der Waals surface area contributed by atoms with Crippen LogP contribution < -0.4 is 4.74 Å². The van der Waals surface area contributed by atoms with Gasteiger partial charge in [-0.1, -0.05) is 49.9 Å². The van der Waals surface area contributed by atoms with E-state index in [1.54, 1.807) is 0 Å². The largest absolute Gasteiger partial charge is 0.484 e. The van der Waals surface area contributed by atoms with Gasteiger partial charge in [0.25, 0.3) is 0 Å². The van der Waals surface area contributed by atoms with Crippen molar-refractivity contribution in [2.24, 2.45) is 0 Å². The second-order valence-electron chi connectivity index (χ2n) is 7.99. The summed E-state index contributed by atoms with van der Waals surface area (Å²) < 4.78 is 11.3. The van der Waals surface area contributed by atoms with Crippen molar-refractivity contribution >= 4 is 11.5 Å². The van der Waals surface area contributed by atoms with Crippen LogP contribution in [-0.2, 0) is 22.4 Å². The average molecular weight is 432 g/mol. The predicted molar refractivity (Wildman–Crippen MR) is 130 cm³/mol. The third kappa shape index (κ3) is 6.19. The topological polar surface area (TPSA) is 48.4 Å². The fourth-order valence-corrected chi connectivity index (χ4v) is 3.74. The highest BCUT2D eigenvalue weighted by Gasteiger charge is 2.23. The lowest BCUT2D eigenvalue weighted by molar-refractivity contribution is -0.143. The second-order valence-corrected chi connectivity index (χ2v) is 7.99. The number of nitrogens with zero attached hydrogens (tertiary/aromatic N) is 1. The first-order valence-electron chi connectivity index (χ1n) is 11.5. The molecule has 1 unspecified atom stereocenters. The molecule has 2 heterocycles. The number of fused-ring (bicyclic) bond motifs is 1. The van der Waals surface area contributed by atoms with Crippen molar-refractivity contribution in [3.63, 3.8) is 0 Å². The highest BCUT2D eigenvalue weighted by Crippen LogP contribution is 2.35. The molecule has 2 aromatic rings. The number of rotatable bonds is 9. The molecule has 1 aromatic heterocycles. The first-order valence-corrected chi connectivity index (χ1v) is 11.5. The minimum absolute atomic E-state index is 0.00768. The third-order valence-corrected chi connectivity index (χ3v) is 5.59. The third-order valence-electron chi connectivity index (χ3n) is 5.59. The van der Waals surface area contributed by atoms with Crippen molar-refractivity contribution < 1.29 is 14.3 Å². The minimum atomic E-state index is -0.184. The molecule has 3 rings (SSSR count). The van der Waals surface area contributed by atoms with Crippen LogP contribution in [0, 0.1) is 0 Å². The summed E-state index contributed by atoms with van der Waals surface area (Å²) in [5, 5.41) is 0. The summed E-state index contributed by atoms with van der Waals surface area (Å²) >= 11 is 0. The van der Waals surface area contributed by atoms with Gasteiger partial charge >= 0.3 is 5.97 Å². The van der Waals surface area contributed by atoms with Crippen LogP contribution in [0.5, 0.6) is 5.75 Å². The highest BCUT2D eigenvalue weighted by molar-refractivity contribution is 5.77. The van der Waals surface area contributed by atoms with Crippen molar-refractivity contribution in [2.75, 3.05) is 6.61 Å². The lowest BCUT2D eigenvalue weighted by Crippen LogP contribution is -2.17. The van der Waals surface area contributed by atoms with Crippen LogP contribution in [-0.4, -0.2) is 17.6 Å². The molecular formula is C28H33NO3. The minimum Gasteiger partial charge on any atom is -0.484 e. The smallest absolute Gasteiger partial charge is 0.306 e. The summed E-state index contributed by atoms with van der Waals surface area (Å²) in [6.07, 6.45) is 9.99. The molecular weight excluding hydrogens is 398 g/mol. The summed E-state index contributed by atoms with van der Waals surface area (Å²) in [5.41, 5.74) is 6.31. The standard InChI is InChI=1S/C28H33NO3/c1-5-7-8-10-20(3)21(4)22-11-9-12-23(19-22)26-17-15-25-27(32-26)16-13-24(29-25)14-18-28(30)31-6-2/h7-13,16,19,26H,4-6,14-15,17-18H2,1-3H3/b8-7-,20-10-. The number of hydrogen-bond acceptors (Lipinski definition) is 4. The van der Waals surface area contributed by atoms with E-state index < -0.39 is 0 Å². The maximum Gasteiger partial charge on any atom is 0.306 e. The van der Waals surface area contributed by atoms with E-state index in [0.717, 1.165) is 58.7 Å². The SMILES string of the molecule is C=C(/C(C)=C\C=C/CC)c1cccc(C2CCc3nc(CCC(=O)OCC)ccc3O2)c1. The van der Waals surface area contributed by atoms with E-state index in [0.29, 0.717) is 19.4 Å². The van der Waals surface area contributed by atoms with Crippen molar-refractivity contribution in [3.05, 3.63) is 89.3 Å². The number of pyridine rings is 1. The van der Waals surface area contributed by atoms with Crippen molar-refractivity contribution in [1.82, 2.24) is 4.98 Å². The summed E-state index contributed by atoms with van der Waals surface area (Å²) in [7, 11) is 0. The molecule has 0 aliphatic carbocycles. The molecule has 4 heteroatoms. The molecule has 0 radical (unpaired) electrons. The molecule has 1 aliphatic rings. The van der Waals surface area contributed by atoms with Gasteiger partial charge < -0.3 is 9.47 Å². The van der Waals surface area contributed by atoms with E-state index in [2.05, 4.69) is 62.9 Å². The maximum atomic E-state index is 11.6. The van der Waals surface area contributed by atoms with Crippen molar-refractivity contribution in [2.45, 2.75) is 59.0 Å². The first-order chi connectivity index (χ1) is 15.5. The zero-order valence-corrected chi connectivity index (χ0v) is 19.4. The molecule has 0 N–H and O–H groups in total. The first kappa shape index (κ1) is 23.5. The highest BCUT2D eigenvalue weighted by atomic mass is 16.5. The summed E-state index contributed by atoms with van der Waals surface area (Å²) in [6, 6.07) is 12.4. The van der Waals surface area contributed by atoms with Gasteiger partial charge in [0.1, 0.15) is 11.9 Å². The molecule has 168 valence electrons. The van der Waals surface area contributed by atoms with Gasteiger partial charge in [0.15, 0.2) is 0 Å². The van der Waals surface area contributed by atoms with Crippen LogP contribution in [0.1, 0.15) is 68.7 Å². The van der Waals surface area contributed by atoms with E-state index in [-0.39, 0.29) is 12.1 Å². The van der Waals surface area contributed by atoms with Crippen LogP contribution in [0.4, 0.5) is 0 Å². The monoisotopic (exact) mass is 431 g/mol. The lowest BCUT2D eigenvalue weighted by Gasteiger charge is -2.26. The Kier molecular flexibility index (Phi) is 8.43. The molecule has 4 nitrogen and oxygen atoms in total. The molecule has 1 aliphatic heterocycles. The Balaban J connectivity index is 1.68. The molecule has 0 spiro atoms. The maximum absolute atomic E-state index is 11.6. The number of aromatic nitrogens is 1. The number of ether oxygens (including phenoxy) is 2. The molecule has 0 amide bonds. The quantitative estimate of drug-likeness (QED) is 0.333. The zero-order chi connectivity index (χ0) is 22.9. The van der Waals surface area contributed by atoms with Gasteiger partial charge in [-0.3, -0.25) is 9.78 Å². The van der Waals surface area contributed by atoms with E-state index in [1.807, 2.05) is 19.1 Å². The zero-order valence-electron chi connectivity index (χ0n) is 19.4. The van der Waals surface area contributed by atoms with E-state index >= 15 is 0 Å². The Hall–Kier alpha value is -3.14. The van der Waals surface area contributed by atoms with Crippen molar-refractivity contribution in [3.8, 4) is 5.75 Å². The Morgan fingerprint density at radius 3 is 2.91 bits per heavy atom. The predicted octanol–water partition coefficient (Wildman–Crippen LogP) is 6.57. The normalized spacial score (nSPS) is 15.8. The van der Waals surface area contributed by atoms with E-state index in [1.165, 1.54) is 0 Å². The Morgan fingerprint density at radius 2 is 2.12 bits per heavy atom. The number of carbonyl (C=O) groups excluding carboxylic acids is 1. The number of esters is 1. The number of hydrogen-bond donors (Lipinski definition) is 0. The van der Waals surface area contributed by atoms with Crippen LogP contribution in [0.15, 0.2) is 66.8 Å². The van der Waals surface area contributed by atoms with Gasteiger partial charge in [-0.2, -0.15) is 0 Å². The lowest BCUT2D eigenvalue weighted by atomic mass is 9.94. The van der Waals surface area contributed by atoms with Gasteiger partial charge in [-0.25, -0.2) is 0 Å². The van der Waals surface area contributed by atoms with Gasteiger partial charge in [0.2, 0.25) is 0 Å². The fourth-order valence-electron chi connectivity index (χ4n) is 3.74. The molecule has 0 saturated carbocycles. The van der Waals surface area contributed by atoms with Gasteiger partial charge in [-0.05, 0) is 73.6 Å². The van der Waals surface area contributed by atoms with Gasteiger partial charge in [-0.15, -0.1) is 0 Å². The Morgan fingerprint density at radius 1 is 1.28 bits per heavy atom. The number of aryl methyl sites for hydroxylation is 2. The van der Waals surface area contributed by atoms with Crippen LogP contribution in [0.25, 0.3) is 5.57 Å². The van der Waals surface area contributed by atoms with Gasteiger partial charge in [0.05, 0.1) is 18.7 Å². The molecule has 0 bridgehead atoms. The van der Waals surface area contributed by atoms with Crippen LogP contribution in [0.3, 0.4) is 0 Å². The summed E-state index contributed by atoms with van der Waals surface area (Å²) in [4.78, 5) is 16.3. The Labute approximate surface area is 191 Å². The molecule has 1 atom stereocenters. The van der Waals surface area contributed by atoms with Crippen LogP contribution in [0.2, 0.25) is 0 Å². The van der Waals surface area contributed by atoms with Crippen molar-refractivity contribution in [1.29, 1.82) is 0 Å². The summed E-state index contributed by atoms with van der Waals surface area (Å²) in [6.45, 7) is 10.7. The molecule has 32 heavy (non-hydrogen) atoms. The summed E-state index contributed by atoms with van der Waals surface area (Å²) in [5.74, 6) is 0.641. The van der Waals surface area contributed by atoms with E-state index in [4.69, 9.17) is 14.5 Å². The van der Waals surface area contributed by atoms with E-state index in [9.17, 15) is 4.79 Å².